The van der Waals surface area contributed by atoms with Crippen molar-refractivity contribution in [2.24, 2.45) is 23.7 Å². The maximum absolute atomic E-state index is 14.0. The second-order valence-electron chi connectivity index (χ2n) is 17.7. The molecular formula is C46H68N4O13. The van der Waals surface area contributed by atoms with Crippen molar-refractivity contribution in [3.05, 3.63) is 60.3 Å². The van der Waals surface area contributed by atoms with Crippen LogP contribution in [0.25, 0.3) is 11.3 Å². The van der Waals surface area contributed by atoms with Crippen LogP contribution in [-0.4, -0.2) is 162 Å². The van der Waals surface area contributed by atoms with Gasteiger partial charge >= 0.3 is 5.97 Å². The molecule has 350 valence electrons. The summed E-state index contributed by atoms with van der Waals surface area (Å²) in [6.45, 7) is 9.56. The number of epoxide rings is 1. The molecule has 0 saturated carbocycles. The first-order chi connectivity index (χ1) is 30.1. The number of aliphatic hydroxyl groups excluding tert-OH is 3. The number of cyclic esters (lactones) is 1. The van der Waals surface area contributed by atoms with Crippen LogP contribution in [0.1, 0.15) is 60.3 Å². The third-order valence-corrected chi connectivity index (χ3v) is 13.0. The van der Waals surface area contributed by atoms with Crippen LogP contribution in [0.4, 0.5) is 0 Å². The number of fused-ring (bicyclic) bond motifs is 1. The molecule has 6 rings (SSSR count). The smallest absolute Gasteiger partial charge is 0.308 e. The molecule has 4 aliphatic heterocycles. The molecule has 0 radical (unpaired) electrons. The van der Waals surface area contributed by atoms with Gasteiger partial charge in [-0.05, 0) is 59.2 Å². The van der Waals surface area contributed by atoms with E-state index < -0.39 is 103 Å². The SMILES string of the molecule is CC[C@H]1OC(=O)C[C@@H](O)[C@H](C)[C@@H](O[C@@H]2O[C@@H]3O[C@H]3C(N(C)C)C2O)[C@@H](CCn2cc(-c3ccccc3)nn2)C[C@@H](C)C(=O)/C=C/C(C)=C/[C@@H]1CO[C@@H]1OC(C)[C@@H](O)[C@H](OC)C1OC. The molecule has 1 aromatic carbocycles. The summed E-state index contributed by atoms with van der Waals surface area (Å²) in [5.74, 6) is -2.84. The first kappa shape index (κ1) is 49.0. The number of rotatable bonds is 13. The Kier molecular flexibility index (Phi) is 17.2. The number of hydrogen-bond acceptors (Lipinski definition) is 16. The van der Waals surface area contributed by atoms with Gasteiger partial charge in [-0.2, -0.15) is 0 Å². The van der Waals surface area contributed by atoms with E-state index in [4.69, 9.17) is 37.9 Å². The van der Waals surface area contributed by atoms with E-state index in [9.17, 15) is 24.9 Å². The molecule has 2 aromatic rings. The second-order valence-corrected chi connectivity index (χ2v) is 17.7. The summed E-state index contributed by atoms with van der Waals surface area (Å²) in [7, 11) is 6.67. The van der Waals surface area contributed by atoms with Crippen LogP contribution in [0.5, 0.6) is 0 Å². The van der Waals surface area contributed by atoms with E-state index in [1.54, 1.807) is 30.7 Å². The third-order valence-electron chi connectivity index (χ3n) is 13.0. The first-order valence-electron chi connectivity index (χ1n) is 22.2. The molecule has 1 aromatic heterocycles. The van der Waals surface area contributed by atoms with Gasteiger partial charge in [-0.3, -0.25) is 14.3 Å². The highest BCUT2D eigenvalue weighted by atomic mass is 16.8. The molecule has 0 aliphatic carbocycles. The summed E-state index contributed by atoms with van der Waals surface area (Å²) in [4.78, 5) is 29.7. The summed E-state index contributed by atoms with van der Waals surface area (Å²) in [6.07, 6.45) is -1.88. The predicted octanol–water partition coefficient (Wildman–Crippen LogP) is 3.30. The van der Waals surface area contributed by atoms with E-state index in [0.717, 1.165) is 11.1 Å². The number of ether oxygens (including phenoxy) is 8. The van der Waals surface area contributed by atoms with Gasteiger partial charge in [0.25, 0.3) is 0 Å². The number of carbonyl (C=O) groups excluding carboxylic acids is 2. The molecule has 0 bridgehead atoms. The third kappa shape index (κ3) is 12.1. The normalized spacial score (nSPS) is 39.6. The Bertz CT molecular complexity index is 1840. The number of methoxy groups -OCH3 is 2. The standard InChI is InChI=1S/C46H68N4O13/c1-10-35-31(24-58-45-43(57-9)42(56-8)38(54)28(5)59-45)20-25(2)16-17-33(51)26(3)21-30(18-19-50-23-32(47-48-50)29-14-12-11-13-15-29)40(27(4)34(52)22-36(53)60-35)61-44-39(55)37(49(6)7)41-46(62-41)63-44/h11-17,20,23,26-28,30-31,34-35,37-46,52,54-55H,10,18-19,21-22,24H2,1-9H3/b17-16+,25-20+/t26-,27+,28?,30+,31-,34-,35-,37?,38-,39?,40-,41+,42+,43?,44-,45-,46+/m1/s1. The zero-order chi connectivity index (χ0) is 45.5. The Labute approximate surface area is 370 Å². The lowest BCUT2D eigenvalue weighted by molar-refractivity contribution is -0.304. The van der Waals surface area contributed by atoms with Gasteiger partial charge in [0.05, 0.1) is 43.6 Å². The first-order valence-corrected chi connectivity index (χ1v) is 22.2. The molecule has 5 heterocycles. The fraction of sp³-hybridized carbons (Fsp3) is 0.696. The monoisotopic (exact) mass is 884 g/mol. The summed E-state index contributed by atoms with van der Waals surface area (Å²) in [5.41, 5.74) is 2.37. The van der Waals surface area contributed by atoms with Crippen molar-refractivity contribution >= 4 is 11.8 Å². The number of benzene rings is 1. The number of likely N-dealkylation sites (N-methyl/N-ethyl adjacent to an activating group) is 1. The molecule has 3 N–H and O–H groups in total. The van der Waals surface area contributed by atoms with Crippen LogP contribution in [0, 0.1) is 23.7 Å². The molecule has 3 fully saturated rings. The zero-order valence-corrected chi connectivity index (χ0v) is 38.0. The van der Waals surface area contributed by atoms with Gasteiger partial charge in [0.1, 0.15) is 42.3 Å². The van der Waals surface area contributed by atoms with Crippen molar-refractivity contribution in [1.29, 1.82) is 0 Å². The van der Waals surface area contributed by atoms with Crippen LogP contribution in [0.15, 0.2) is 60.3 Å². The Morgan fingerprint density at radius 1 is 0.921 bits per heavy atom. The Morgan fingerprint density at radius 2 is 1.65 bits per heavy atom. The lowest BCUT2D eigenvalue weighted by Gasteiger charge is -2.42. The minimum Gasteiger partial charge on any atom is -0.462 e. The van der Waals surface area contributed by atoms with E-state index in [-0.39, 0.29) is 24.9 Å². The molecule has 17 nitrogen and oxygen atoms in total. The number of aliphatic hydroxyl groups is 3. The molecular weight excluding hydrogens is 817 g/mol. The molecule has 4 unspecified atom stereocenters. The van der Waals surface area contributed by atoms with E-state index in [0.29, 0.717) is 31.5 Å². The highest BCUT2D eigenvalue weighted by Gasteiger charge is 2.58. The minimum atomic E-state index is -1.25. The summed E-state index contributed by atoms with van der Waals surface area (Å²) in [5, 5.41) is 43.0. The molecule has 0 spiro atoms. The van der Waals surface area contributed by atoms with Crippen molar-refractivity contribution in [3.8, 4) is 11.3 Å². The minimum absolute atomic E-state index is 0.0312. The van der Waals surface area contributed by atoms with Gasteiger partial charge in [-0.1, -0.05) is 74.0 Å². The van der Waals surface area contributed by atoms with Gasteiger partial charge in [0.2, 0.25) is 0 Å². The summed E-state index contributed by atoms with van der Waals surface area (Å²) >= 11 is 0. The van der Waals surface area contributed by atoms with Crippen molar-refractivity contribution in [3.63, 3.8) is 0 Å². The maximum atomic E-state index is 14.0. The average molecular weight is 885 g/mol. The van der Waals surface area contributed by atoms with Crippen LogP contribution in [0.2, 0.25) is 0 Å². The van der Waals surface area contributed by atoms with E-state index in [1.807, 2.05) is 82.4 Å². The number of carbonyl (C=O) groups is 2. The van der Waals surface area contributed by atoms with Crippen molar-refractivity contribution in [1.82, 2.24) is 19.9 Å². The lowest BCUT2D eigenvalue weighted by Crippen LogP contribution is -2.59. The van der Waals surface area contributed by atoms with Crippen LogP contribution in [-0.2, 0) is 54.0 Å². The fourth-order valence-electron chi connectivity index (χ4n) is 9.14. The molecule has 0 amide bonds. The van der Waals surface area contributed by atoms with E-state index in [1.165, 1.54) is 14.2 Å². The molecule has 17 heteroatoms. The van der Waals surface area contributed by atoms with Gasteiger partial charge in [-0.15, -0.1) is 5.10 Å². The number of ketones is 1. The Balaban J connectivity index is 1.29. The molecule has 4 aliphatic rings. The average Bonchev–Trinajstić information content (AvgIpc) is 3.87. The van der Waals surface area contributed by atoms with Gasteiger partial charge < -0.3 is 58.1 Å². The van der Waals surface area contributed by atoms with Gasteiger partial charge in [-0.25, -0.2) is 0 Å². The molecule has 63 heavy (non-hydrogen) atoms. The largest absolute Gasteiger partial charge is 0.462 e. The fourth-order valence-corrected chi connectivity index (χ4v) is 9.14. The number of esters is 1. The van der Waals surface area contributed by atoms with Crippen molar-refractivity contribution in [2.75, 3.05) is 34.9 Å². The Morgan fingerprint density at radius 3 is 2.33 bits per heavy atom. The quantitative estimate of drug-likeness (QED) is 0.195. The van der Waals surface area contributed by atoms with E-state index in [2.05, 4.69) is 10.3 Å². The van der Waals surface area contributed by atoms with Crippen LogP contribution < -0.4 is 0 Å². The number of allylic oxidation sites excluding steroid dienone is 3. The number of aromatic nitrogens is 3. The van der Waals surface area contributed by atoms with Gasteiger partial charge in [0.15, 0.2) is 24.7 Å². The number of nitrogens with zero attached hydrogens (tertiary/aromatic N) is 4. The van der Waals surface area contributed by atoms with Gasteiger partial charge in [0, 0.05) is 44.1 Å². The number of hydrogen-bond donors (Lipinski definition) is 3. The zero-order valence-electron chi connectivity index (χ0n) is 38.0. The number of aryl methyl sites for hydroxylation is 1. The highest BCUT2D eigenvalue weighted by Crippen LogP contribution is 2.41. The van der Waals surface area contributed by atoms with E-state index >= 15 is 0 Å². The summed E-state index contributed by atoms with van der Waals surface area (Å²) in [6, 6.07) is 9.31. The van der Waals surface area contributed by atoms with Crippen molar-refractivity contribution in [2.45, 2.75) is 147 Å². The molecule has 17 atom stereocenters. The Hall–Kier alpha value is -3.46. The van der Waals surface area contributed by atoms with Crippen LogP contribution >= 0.6 is 0 Å². The molecule has 3 saturated heterocycles. The predicted molar refractivity (Wildman–Crippen MR) is 228 cm³/mol. The topological polar surface area (TPSA) is 206 Å². The highest BCUT2D eigenvalue weighted by molar-refractivity contribution is 5.91. The second kappa shape index (κ2) is 22.2. The van der Waals surface area contributed by atoms with Crippen LogP contribution in [0.3, 0.4) is 0 Å². The van der Waals surface area contributed by atoms with Crippen molar-refractivity contribution < 1.29 is 62.8 Å². The lowest BCUT2D eigenvalue weighted by atomic mass is 9.79. The summed E-state index contributed by atoms with van der Waals surface area (Å²) < 4.78 is 50.0. The maximum Gasteiger partial charge on any atom is 0.308 e.